The third-order valence-corrected chi connectivity index (χ3v) is 3.40. The van der Waals surface area contributed by atoms with Crippen LogP contribution in [-0.4, -0.2) is 36.1 Å². The smallest absolute Gasteiger partial charge is 0.131 e. The quantitative estimate of drug-likeness (QED) is 0.822. The Morgan fingerprint density at radius 1 is 1.56 bits per heavy atom. The first-order valence-electron chi connectivity index (χ1n) is 5.81. The summed E-state index contributed by atoms with van der Waals surface area (Å²) >= 11 is 5.83. The number of likely N-dealkylation sites (tertiary alicyclic amines) is 1. The van der Waals surface area contributed by atoms with Gasteiger partial charge < -0.3 is 10.2 Å². The van der Waals surface area contributed by atoms with E-state index in [9.17, 15) is 0 Å². The van der Waals surface area contributed by atoms with E-state index in [-0.39, 0.29) is 0 Å². The fourth-order valence-electron chi connectivity index (χ4n) is 2.15. The molecule has 1 atom stereocenters. The summed E-state index contributed by atoms with van der Waals surface area (Å²) in [6, 6.07) is 4.46. The molecule has 1 aromatic heterocycles. The van der Waals surface area contributed by atoms with Gasteiger partial charge in [0.1, 0.15) is 5.15 Å². The lowest BCUT2D eigenvalue weighted by molar-refractivity contribution is 0.194. The lowest BCUT2D eigenvalue weighted by Gasteiger charge is -2.32. The number of hydrogen-bond acceptors (Lipinski definition) is 3. The minimum atomic E-state index is 0.544. The van der Waals surface area contributed by atoms with Crippen LogP contribution in [0.25, 0.3) is 0 Å². The van der Waals surface area contributed by atoms with Crippen LogP contribution >= 0.6 is 11.6 Å². The summed E-state index contributed by atoms with van der Waals surface area (Å²) in [5.74, 6) is 0. The summed E-state index contributed by atoms with van der Waals surface area (Å²) in [4.78, 5) is 6.39. The second kappa shape index (κ2) is 5.51. The van der Waals surface area contributed by atoms with Crippen LogP contribution in [0.1, 0.15) is 19.3 Å². The van der Waals surface area contributed by atoms with E-state index in [1.165, 1.54) is 25.8 Å². The zero-order valence-electron chi connectivity index (χ0n) is 9.62. The van der Waals surface area contributed by atoms with Gasteiger partial charge in [0.05, 0.1) is 0 Å². The zero-order valence-corrected chi connectivity index (χ0v) is 10.4. The Morgan fingerprint density at radius 3 is 3.19 bits per heavy atom. The molecule has 3 nitrogen and oxygen atoms in total. The van der Waals surface area contributed by atoms with E-state index in [1.807, 2.05) is 12.1 Å². The van der Waals surface area contributed by atoms with Gasteiger partial charge in [-0.15, -0.1) is 0 Å². The number of aromatic nitrogens is 1. The van der Waals surface area contributed by atoms with E-state index in [2.05, 4.69) is 22.2 Å². The van der Waals surface area contributed by atoms with Crippen molar-refractivity contribution in [1.29, 1.82) is 0 Å². The van der Waals surface area contributed by atoms with E-state index in [1.54, 1.807) is 6.20 Å². The van der Waals surface area contributed by atoms with Crippen LogP contribution < -0.4 is 5.32 Å². The maximum Gasteiger partial charge on any atom is 0.131 e. The van der Waals surface area contributed by atoms with Crippen molar-refractivity contribution >= 4 is 17.3 Å². The van der Waals surface area contributed by atoms with E-state index in [0.717, 1.165) is 12.2 Å². The molecule has 1 aliphatic rings. The van der Waals surface area contributed by atoms with Gasteiger partial charge in [-0.1, -0.05) is 18.0 Å². The number of halogens is 1. The minimum absolute atomic E-state index is 0.544. The normalized spacial score (nSPS) is 22.0. The monoisotopic (exact) mass is 239 g/mol. The van der Waals surface area contributed by atoms with Crippen LogP contribution in [0, 0.1) is 0 Å². The third-order valence-electron chi connectivity index (χ3n) is 3.19. The molecule has 0 bridgehead atoms. The Labute approximate surface area is 102 Å². The standard InChI is InChI=1S/C12H18ClN3/c1-16-7-3-2-4-11(16)9-15-10-5-6-14-12(13)8-10/h5-6,8,11H,2-4,7,9H2,1H3,(H,14,15). The minimum Gasteiger partial charge on any atom is -0.383 e. The predicted octanol–water partition coefficient (Wildman–Crippen LogP) is 2.63. The molecule has 1 aromatic rings. The Kier molecular flexibility index (Phi) is 4.02. The van der Waals surface area contributed by atoms with Gasteiger partial charge in [0, 0.05) is 24.5 Å². The first-order chi connectivity index (χ1) is 7.75. The van der Waals surface area contributed by atoms with Gasteiger partial charge >= 0.3 is 0 Å². The van der Waals surface area contributed by atoms with Crippen molar-refractivity contribution in [2.24, 2.45) is 0 Å². The molecule has 1 saturated heterocycles. The van der Waals surface area contributed by atoms with Gasteiger partial charge in [-0.25, -0.2) is 4.98 Å². The Bertz CT molecular complexity index is 343. The summed E-state index contributed by atoms with van der Waals surface area (Å²) < 4.78 is 0. The maximum absolute atomic E-state index is 5.83. The zero-order chi connectivity index (χ0) is 11.4. The lowest BCUT2D eigenvalue weighted by Crippen LogP contribution is -2.40. The van der Waals surface area contributed by atoms with Crippen LogP contribution in [0.2, 0.25) is 5.15 Å². The molecule has 4 heteroatoms. The molecule has 88 valence electrons. The molecule has 16 heavy (non-hydrogen) atoms. The third kappa shape index (κ3) is 3.09. The van der Waals surface area contributed by atoms with Gasteiger partial charge in [-0.05, 0) is 38.6 Å². The number of piperidine rings is 1. The molecule has 1 unspecified atom stereocenters. The summed E-state index contributed by atoms with van der Waals surface area (Å²) in [6.07, 6.45) is 5.68. The predicted molar refractivity (Wildman–Crippen MR) is 68.0 cm³/mol. The van der Waals surface area contributed by atoms with E-state index < -0.39 is 0 Å². The average Bonchev–Trinajstić information content (AvgIpc) is 2.28. The topological polar surface area (TPSA) is 28.2 Å². The highest BCUT2D eigenvalue weighted by molar-refractivity contribution is 6.29. The molecular formula is C12H18ClN3. The molecule has 0 aliphatic carbocycles. The molecule has 2 heterocycles. The van der Waals surface area contributed by atoms with E-state index >= 15 is 0 Å². The molecule has 2 rings (SSSR count). The molecule has 0 aromatic carbocycles. The van der Waals surface area contributed by atoms with Crippen molar-refractivity contribution < 1.29 is 0 Å². The van der Waals surface area contributed by atoms with Gasteiger partial charge in [0.25, 0.3) is 0 Å². The number of rotatable bonds is 3. The highest BCUT2D eigenvalue weighted by atomic mass is 35.5. The van der Waals surface area contributed by atoms with E-state index in [4.69, 9.17) is 11.6 Å². The SMILES string of the molecule is CN1CCCCC1CNc1ccnc(Cl)c1. The molecule has 1 aliphatic heterocycles. The number of pyridine rings is 1. The van der Waals surface area contributed by atoms with Crippen LogP contribution in [0.3, 0.4) is 0 Å². The molecule has 1 fully saturated rings. The highest BCUT2D eigenvalue weighted by Crippen LogP contribution is 2.17. The van der Waals surface area contributed by atoms with Crippen LogP contribution in [0.5, 0.6) is 0 Å². The molecule has 0 spiro atoms. The van der Waals surface area contributed by atoms with E-state index in [0.29, 0.717) is 11.2 Å². The molecule has 0 amide bonds. The fourth-order valence-corrected chi connectivity index (χ4v) is 2.32. The largest absolute Gasteiger partial charge is 0.383 e. The van der Waals surface area contributed by atoms with Gasteiger partial charge in [-0.3, -0.25) is 0 Å². The highest BCUT2D eigenvalue weighted by Gasteiger charge is 2.18. The van der Waals surface area contributed by atoms with Gasteiger partial charge in [0.15, 0.2) is 0 Å². The molecule has 1 N–H and O–H groups in total. The molecule has 0 saturated carbocycles. The Balaban J connectivity index is 1.86. The van der Waals surface area contributed by atoms with Crippen molar-refractivity contribution in [3.05, 3.63) is 23.5 Å². The Hall–Kier alpha value is -0.800. The first kappa shape index (κ1) is 11.7. The molecular weight excluding hydrogens is 222 g/mol. The number of nitrogens with zero attached hydrogens (tertiary/aromatic N) is 2. The number of hydrogen-bond donors (Lipinski definition) is 1. The summed E-state index contributed by atoms with van der Waals surface area (Å²) in [5, 5.41) is 3.96. The number of nitrogens with one attached hydrogen (secondary N) is 1. The van der Waals surface area contributed by atoms with Crippen LogP contribution in [0.4, 0.5) is 5.69 Å². The van der Waals surface area contributed by atoms with Gasteiger partial charge in [0.2, 0.25) is 0 Å². The summed E-state index contributed by atoms with van der Waals surface area (Å²) in [7, 11) is 2.20. The van der Waals surface area contributed by atoms with Gasteiger partial charge in [-0.2, -0.15) is 0 Å². The lowest BCUT2D eigenvalue weighted by atomic mass is 10.0. The second-order valence-corrected chi connectivity index (χ2v) is 4.77. The number of anilines is 1. The number of likely N-dealkylation sites (N-methyl/N-ethyl adjacent to an activating group) is 1. The van der Waals surface area contributed by atoms with Crippen molar-refractivity contribution in [3.63, 3.8) is 0 Å². The first-order valence-corrected chi connectivity index (χ1v) is 6.19. The van der Waals surface area contributed by atoms with Crippen LogP contribution in [0.15, 0.2) is 18.3 Å². The second-order valence-electron chi connectivity index (χ2n) is 4.38. The van der Waals surface area contributed by atoms with Crippen molar-refractivity contribution in [2.45, 2.75) is 25.3 Å². The summed E-state index contributed by atoms with van der Waals surface area (Å²) in [6.45, 7) is 2.19. The fraction of sp³-hybridized carbons (Fsp3) is 0.583. The Morgan fingerprint density at radius 2 is 2.44 bits per heavy atom. The maximum atomic E-state index is 5.83. The van der Waals surface area contributed by atoms with Crippen molar-refractivity contribution in [3.8, 4) is 0 Å². The van der Waals surface area contributed by atoms with Crippen LogP contribution in [-0.2, 0) is 0 Å². The van der Waals surface area contributed by atoms with Crippen molar-refractivity contribution in [1.82, 2.24) is 9.88 Å². The summed E-state index contributed by atoms with van der Waals surface area (Å²) in [5.41, 5.74) is 1.05. The van der Waals surface area contributed by atoms with Crippen molar-refractivity contribution in [2.75, 3.05) is 25.5 Å². The average molecular weight is 240 g/mol. The molecule has 0 radical (unpaired) electrons.